The fourth-order valence-electron chi connectivity index (χ4n) is 1.85. The number of hydrogen-bond acceptors (Lipinski definition) is 6. The van der Waals surface area contributed by atoms with E-state index < -0.39 is 10.8 Å². The monoisotopic (exact) mass is 283 g/mol. The first-order valence-corrected chi connectivity index (χ1v) is 8.23. The molecule has 7 heteroatoms. The van der Waals surface area contributed by atoms with Gasteiger partial charge in [0.25, 0.3) is 0 Å². The molecular formula is C12H21N5OS. The Morgan fingerprint density at radius 3 is 2.63 bits per heavy atom. The Bertz CT molecular complexity index is 475. The molecule has 1 aromatic rings. The van der Waals surface area contributed by atoms with Crippen molar-refractivity contribution < 1.29 is 4.21 Å². The molecule has 6 nitrogen and oxygen atoms in total. The molecule has 0 bridgehead atoms. The highest BCUT2D eigenvalue weighted by Crippen LogP contribution is 2.39. The topological polar surface area (TPSA) is 92.9 Å². The maximum Gasteiger partial charge on any atom is 0.148 e. The predicted octanol–water partition coefficient (Wildman–Crippen LogP) is 1.13. The van der Waals surface area contributed by atoms with E-state index in [1.54, 1.807) is 6.26 Å². The highest BCUT2D eigenvalue weighted by Gasteiger charge is 2.28. The zero-order chi connectivity index (χ0) is 13.8. The highest BCUT2D eigenvalue weighted by atomic mass is 32.2. The van der Waals surface area contributed by atoms with E-state index in [-0.39, 0.29) is 0 Å². The third kappa shape index (κ3) is 3.87. The van der Waals surface area contributed by atoms with Gasteiger partial charge in [0.1, 0.15) is 17.5 Å². The van der Waals surface area contributed by atoms with Crippen molar-refractivity contribution in [1.29, 1.82) is 0 Å². The number of nitrogens with one attached hydrogen (secondary N) is 2. The number of nitrogens with zero attached hydrogens (tertiary/aromatic N) is 2. The van der Waals surface area contributed by atoms with E-state index in [0.29, 0.717) is 17.5 Å². The summed E-state index contributed by atoms with van der Waals surface area (Å²) in [5.41, 5.74) is 3.55. The Labute approximate surface area is 116 Å². The third-order valence-electron chi connectivity index (χ3n) is 3.14. The van der Waals surface area contributed by atoms with Crippen LogP contribution in [0.3, 0.4) is 0 Å². The minimum absolute atomic E-state index is 0.483. The molecule has 4 N–H and O–H groups in total. The van der Waals surface area contributed by atoms with Crippen LogP contribution in [0.15, 0.2) is 0 Å². The van der Waals surface area contributed by atoms with E-state index in [9.17, 15) is 4.21 Å². The van der Waals surface area contributed by atoms with Gasteiger partial charge in [0.15, 0.2) is 0 Å². The van der Waals surface area contributed by atoms with Gasteiger partial charge in [-0.2, -0.15) is 0 Å². The molecule has 1 fully saturated rings. The summed E-state index contributed by atoms with van der Waals surface area (Å²) in [5.74, 6) is 9.05. The van der Waals surface area contributed by atoms with E-state index in [1.807, 2.05) is 6.92 Å². The lowest BCUT2D eigenvalue weighted by atomic mass is 10.2. The minimum atomic E-state index is -0.742. The summed E-state index contributed by atoms with van der Waals surface area (Å²) < 4.78 is 11.0. The molecule has 0 radical (unpaired) electrons. The summed E-state index contributed by atoms with van der Waals surface area (Å²) in [6, 6.07) is 0. The van der Waals surface area contributed by atoms with Crippen molar-refractivity contribution in [3.8, 4) is 0 Å². The Morgan fingerprint density at radius 2 is 2.05 bits per heavy atom. The Balaban J connectivity index is 2.05. The lowest BCUT2D eigenvalue weighted by Crippen LogP contribution is -2.15. The van der Waals surface area contributed by atoms with Crippen LogP contribution in [0.4, 0.5) is 11.6 Å². The van der Waals surface area contributed by atoms with E-state index in [0.717, 1.165) is 43.0 Å². The zero-order valence-electron chi connectivity index (χ0n) is 11.4. The van der Waals surface area contributed by atoms with E-state index in [2.05, 4.69) is 20.7 Å². The summed E-state index contributed by atoms with van der Waals surface area (Å²) >= 11 is 0. The van der Waals surface area contributed by atoms with Crippen LogP contribution < -0.4 is 16.6 Å². The molecule has 1 aliphatic carbocycles. The molecule has 106 valence electrons. The van der Waals surface area contributed by atoms with Gasteiger partial charge in [-0.05, 0) is 26.2 Å². The lowest BCUT2D eigenvalue weighted by Gasteiger charge is -2.13. The standard InChI is InChI=1S/C12H21N5OS/c1-8-10(14-6-3-7-19(2)18)15-12(9-4-5-9)16-11(8)17-13/h9H,3-7,13H2,1-2H3,(H2,14,15,16,17). The second-order valence-corrected chi connectivity index (χ2v) is 6.43. The van der Waals surface area contributed by atoms with Crippen LogP contribution in [0.2, 0.25) is 0 Å². The van der Waals surface area contributed by atoms with Gasteiger partial charge >= 0.3 is 0 Å². The normalized spacial score (nSPS) is 16.2. The minimum Gasteiger partial charge on any atom is -0.370 e. The van der Waals surface area contributed by atoms with E-state index in [4.69, 9.17) is 5.84 Å². The molecule has 19 heavy (non-hydrogen) atoms. The molecule has 1 unspecified atom stereocenters. The largest absolute Gasteiger partial charge is 0.370 e. The molecule has 1 heterocycles. The van der Waals surface area contributed by atoms with Crippen LogP contribution in [0.5, 0.6) is 0 Å². The van der Waals surface area contributed by atoms with Crippen molar-refractivity contribution in [1.82, 2.24) is 9.97 Å². The molecule has 1 atom stereocenters. The maximum atomic E-state index is 11.0. The van der Waals surface area contributed by atoms with Crippen molar-refractivity contribution in [3.63, 3.8) is 0 Å². The van der Waals surface area contributed by atoms with Crippen LogP contribution in [0, 0.1) is 6.92 Å². The molecule has 0 aliphatic heterocycles. The molecule has 1 aromatic heterocycles. The fourth-order valence-corrected chi connectivity index (χ4v) is 2.40. The molecule has 1 saturated carbocycles. The fraction of sp³-hybridized carbons (Fsp3) is 0.667. The summed E-state index contributed by atoms with van der Waals surface area (Å²) in [6.45, 7) is 2.69. The van der Waals surface area contributed by atoms with Crippen LogP contribution in [-0.4, -0.2) is 32.7 Å². The summed E-state index contributed by atoms with van der Waals surface area (Å²) in [5, 5.41) is 3.28. The number of aromatic nitrogens is 2. The van der Waals surface area contributed by atoms with Gasteiger partial charge < -0.3 is 10.7 Å². The zero-order valence-corrected chi connectivity index (χ0v) is 12.2. The molecular weight excluding hydrogens is 262 g/mol. The molecule has 1 aliphatic rings. The van der Waals surface area contributed by atoms with Crippen LogP contribution >= 0.6 is 0 Å². The predicted molar refractivity (Wildman–Crippen MR) is 78.6 cm³/mol. The number of hydrazine groups is 1. The average Bonchev–Trinajstić information content (AvgIpc) is 3.20. The first-order valence-electron chi connectivity index (χ1n) is 6.51. The first-order chi connectivity index (χ1) is 9.11. The Hall–Kier alpha value is -1.21. The third-order valence-corrected chi connectivity index (χ3v) is 4.01. The smallest absolute Gasteiger partial charge is 0.148 e. The molecule has 0 saturated heterocycles. The van der Waals surface area contributed by atoms with Crippen molar-refractivity contribution in [2.24, 2.45) is 5.84 Å². The van der Waals surface area contributed by atoms with Gasteiger partial charge in [0.05, 0.1) is 0 Å². The highest BCUT2D eigenvalue weighted by molar-refractivity contribution is 7.84. The lowest BCUT2D eigenvalue weighted by molar-refractivity contribution is 0.685. The summed E-state index contributed by atoms with van der Waals surface area (Å²) in [6.07, 6.45) is 4.89. The quantitative estimate of drug-likeness (QED) is 0.394. The number of hydrogen-bond donors (Lipinski definition) is 3. The summed E-state index contributed by atoms with van der Waals surface area (Å²) in [7, 11) is -0.742. The average molecular weight is 283 g/mol. The Morgan fingerprint density at radius 1 is 1.37 bits per heavy atom. The van der Waals surface area contributed by atoms with Gasteiger partial charge in [0.2, 0.25) is 0 Å². The molecule has 0 spiro atoms. The molecule has 0 amide bonds. The van der Waals surface area contributed by atoms with Crippen molar-refractivity contribution in [3.05, 3.63) is 11.4 Å². The number of anilines is 2. The maximum absolute atomic E-state index is 11.0. The van der Waals surface area contributed by atoms with Crippen molar-refractivity contribution in [2.45, 2.75) is 32.1 Å². The number of nitrogen functional groups attached to an aromatic ring is 1. The van der Waals surface area contributed by atoms with Gasteiger partial charge in [-0.3, -0.25) is 4.21 Å². The SMILES string of the molecule is Cc1c(NN)nc(C2CC2)nc1NCCCS(C)=O. The molecule has 2 rings (SSSR count). The Kier molecular flexibility index (Phi) is 4.71. The summed E-state index contributed by atoms with van der Waals surface area (Å²) in [4.78, 5) is 9.00. The van der Waals surface area contributed by atoms with Crippen molar-refractivity contribution >= 4 is 22.4 Å². The number of nitrogens with two attached hydrogens (primary N) is 1. The van der Waals surface area contributed by atoms with E-state index in [1.165, 1.54) is 0 Å². The van der Waals surface area contributed by atoms with Crippen LogP contribution in [0.25, 0.3) is 0 Å². The van der Waals surface area contributed by atoms with Crippen molar-refractivity contribution in [2.75, 3.05) is 29.3 Å². The van der Waals surface area contributed by atoms with Gasteiger partial charge in [-0.15, -0.1) is 0 Å². The number of rotatable bonds is 7. The van der Waals surface area contributed by atoms with Gasteiger partial charge in [0, 0.05) is 40.8 Å². The van der Waals surface area contributed by atoms with Gasteiger partial charge in [-0.25, -0.2) is 15.8 Å². The second-order valence-electron chi connectivity index (χ2n) is 4.88. The second kappa shape index (κ2) is 6.29. The van der Waals surface area contributed by atoms with Crippen LogP contribution in [-0.2, 0) is 10.8 Å². The van der Waals surface area contributed by atoms with E-state index >= 15 is 0 Å². The van der Waals surface area contributed by atoms with Crippen LogP contribution in [0.1, 0.15) is 36.6 Å². The first kappa shape index (κ1) is 14.2. The molecule has 0 aromatic carbocycles. The van der Waals surface area contributed by atoms with Gasteiger partial charge in [-0.1, -0.05) is 0 Å².